The van der Waals surface area contributed by atoms with Crippen LogP contribution in [-0.4, -0.2) is 29.8 Å². The Kier molecular flexibility index (Phi) is 7.59. The lowest BCUT2D eigenvalue weighted by atomic mass is 10.0. The Balaban J connectivity index is 1.43. The van der Waals surface area contributed by atoms with E-state index in [1.54, 1.807) is 0 Å². The first-order chi connectivity index (χ1) is 14.8. The van der Waals surface area contributed by atoms with E-state index in [0.29, 0.717) is 26.4 Å². The van der Waals surface area contributed by atoms with Crippen LogP contribution in [0.25, 0.3) is 0 Å². The van der Waals surface area contributed by atoms with Crippen LogP contribution in [0.1, 0.15) is 16.7 Å². The van der Waals surface area contributed by atoms with Crippen molar-refractivity contribution in [1.82, 2.24) is 0 Å². The van der Waals surface area contributed by atoms with Gasteiger partial charge in [-0.15, -0.1) is 0 Å². The monoisotopic (exact) mass is 420 g/mol. The maximum absolute atomic E-state index is 6.54. The number of rotatable bonds is 10. The third-order valence-electron chi connectivity index (χ3n) is 5.32. The number of hydrogen-bond acceptors (Lipinski definition) is 4. The van der Waals surface area contributed by atoms with Gasteiger partial charge in [0, 0.05) is 11.5 Å². The number of benzene rings is 3. The molecule has 4 rings (SSSR count). The second-order valence-corrected chi connectivity index (χ2v) is 8.65. The summed E-state index contributed by atoms with van der Waals surface area (Å²) < 4.78 is 19.1. The Bertz CT molecular complexity index is 873. The van der Waals surface area contributed by atoms with Gasteiger partial charge in [-0.05, 0) is 16.7 Å². The molecule has 1 aliphatic heterocycles. The average molecular weight is 421 g/mol. The fourth-order valence-electron chi connectivity index (χ4n) is 3.58. The highest BCUT2D eigenvalue weighted by Crippen LogP contribution is 2.36. The molecule has 0 bridgehead atoms. The summed E-state index contributed by atoms with van der Waals surface area (Å²) in [5.41, 5.74) is 3.06. The zero-order chi connectivity index (χ0) is 20.5. The summed E-state index contributed by atoms with van der Waals surface area (Å²) in [6, 6.07) is 30.9. The molecule has 0 aromatic heterocycles. The molecule has 30 heavy (non-hydrogen) atoms. The molecule has 0 amide bonds. The van der Waals surface area contributed by atoms with Crippen LogP contribution in [-0.2, 0) is 34.0 Å². The predicted octanol–water partition coefficient (Wildman–Crippen LogP) is 5.49. The molecule has 3 aromatic rings. The highest BCUT2D eigenvalue weighted by Gasteiger charge is 2.46. The van der Waals surface area contributed by atoms with Crippen molar-refractivity contribution in [3.05, 3.63) is 108 Å². The van der Waals surface area contributed by atoms with Gasteiger partial charge in [0.15, 0.2) is 0 Å². The summed E-state index contributed by atoms with van der Waals surface area (Å²) in [6.07, 6.45) is -0.0119. The molecule has 2 atom stereocenters. The Hall–Kier alpha value is -2.11. The van der Waals surface area contributed by atoms with Gasteiger partial charge in [0.2, 0.25) is 0 Å². The molecule has 1 aliphatic rings. The van der Waals surface area contributed by atoms with Crippen LogP contribution in [0.2, 0.25) is 0 Å². The topological polar surface area (TPSA) is 27.7 Å². The second kappa shape index (κ2) is 10.8. The molecule has 0 saturated carbocycles. The molecular weight excluding hydrogens is 392 g/mol. The van der Waals surface area contributed by atoms with E-state index in [1.165, 1.54) is 16.7 Å². The minimum absolute atomic E-state index is 0.0119. The van der Waals surface area contributed by atoms with Gasteiger partial charge in [-0.3, -0.25) is 0 Å². The highest BCUT2D eigenvalue weighted by molar-refractivity contribution is 7.99. The average Bonchev–Trinajstić information content (AvgIpc) is 3.21. The Morgan fingerprint density at radius 2 is 1.23 bits per heavy atom. The van der Waals surface area contributed by atoms with Crippen molar-refractivity contribution in [3.8, 4) is 0 Å². The summed E-state index contributed by atoms with van der Waals surface area (Å²) in [5, 5.41) is 0. The zero-order valence-electron chi connectivity index (χ0n) is 17.1. The summed E-state index contributed by atoms with van der Waals surface area (Å²) in [7, 11) is 0. The standard InChI is InChI=1S/C26H28O3S/c1-4-10-22(11-5-1)16-27-20-26(29-18-24-14-8-3-9-15-24)21-30-19-25(26)28-17-23-12-6-2-7-13-23/h1-15,25H,16-21H2/t25?,26-/m1/s1. The van der Waals surface area contributed by atoms with Gasteiger partial charge in [0.25, 0.3) is 0 Å². The largest absolute Gasteiger partial charge is 0.374 e. The molecule has 0 N–H and O–H groups in total. The van der Waals surface area contributed by atoms with E-state index in [4.69, 9.17) is 14.2 Å². The quantitative estimate of drug-likeness (QED) is 0.433. The van der Waals surface area contributed by atoms with Gasteiger partial charge >= 0.3 is 0 Å². The lowest BCUT2D eigenvalue weighted by molar-refractivity contribution is -0.163. The highest BCUT2D eigenvalue weighted by atomic mass is 32.2. The normalized spacial score (nSPS) is 21.0. The minimum atomic E-state index is -0.454. The van der Waals surface area contributed by atoms with Gasteiger partial charge in [-0.2, -0.15) is 11.8 Å². The molecule has 3 nitrogen and oxygen atoms in total. The third kappa shape index (κ3) is 5.73. The van der Waals surface area contributed by atoms with E-state index < -0.39 is 5.60 Å². The van der Waals surface area contributed by atoms with Crippen LogP contribution >= 0.6 is 11.8 Å². The van der Waals surface area contributed by atoms with Crippen LogP contribution in [0.3, 0.4) is 0 Å². The molecule has 156 valence electrons. The van der Waals surface area contributed by atoms with Gasteiger partial charge in [-0.1, -0.05) is 91.0 Å². The molecule has 4 heteroatoms. The van der Waals surface area contributed by atoms with Crippen LogP contribution < -0.4 is 0 Å². The summed E-state index contributed by atoms with van der Waals surface area (Å²) in [6.45, 7) is 2.23. The molecule has 1 saturated heterocycles. The van der Waals surface area contributed by atoms with Gasteiger partial charge < -0.3 is 14.2 Å². The number of hydrogen-bond donors (Lipinski definition) is 0. The molecule has 3 aromatic carbocycles. The maximum Gasteiger partial charge on any atom is 0.128 e. The van der Waals surface area contributed by atoms with E-state index >= 15 is 0 Å². The van der Waals surface area contributed by atoms with E-state index in [-0.39, 0.29) is 6.10 Å². The minimum Gasteiger partial charge on any atom is -0.374 e. The van der Waals surface area contributed by atoms with Crippen molar-refractivity contribution < 1.29 is 14.2 Å². The first-order valence-electron chi connectivity index (χ1n) is 10.4. The summed E-state index contributed by atoms with van der Waals surface area (Å²) in [5.74, 6) is 1.78. The third-order valence-corrected chi connectivity index (χ3v) is 6.55. The lowest BCUT2D eigenvalue weighted by Crippen LogP contribution is -2.49. The van der Waals surface area contributed by atoms with Crippen molar-refractivity contribution in [2.75, 3.05) is 18.1 Å². The second-order valence-electron chi connectivity index (χ2n) is 7.62. The number of thioether (sulfide) groups is 1. The molecule has 0 aliphatic carbocycles. The Morgan fingerprint density at radius 1 is 0.700 bits per heavy atom. The molecular formula is C26H28O3S. The van der Waals surface area contributed by atoms with E-state index in [0.717, 1.165) is 11.5 Å². The molecule has 0 radical (unpaired) electrons. The lowest BCUT2D eigenvalue weighted by Gasteiger charge is -2.34. The fourth-order valence-corrected chi connectivity index (χ4v) is 5.01. The molecule has 1 fully saturated rings. The molecule has 1 heterocycles. The van der Waals surface area contributed by atoms with Crippen molar-refractivity contribution in [3.63, 3.8) is 0 Å². The van der Waals surface area contributed by atoms with Gasteiger partial charge in [0.05, 0.1) is 32.5 Å². The van der Waals surface area contributed by atoms with Crippen LogP contribution in [0.5, 0.6) is 0 Å². The Labute approximate surface area is 183 Å². The summed E-state index contributed by atoms with van der Waals surface area (Å²) in [4.78, 5) is 0. The van der Waals surface area contributed by atoms with E-state index in [9.17, 15) is 0 Å². The first-order valence-corrected chi connectivity index (χ1v) is 11.5. The predicted molar refractivity (Wildman–Crippen MR) is 122 cm³/mol. The summed E-state index contributed by atoms with van der Waals surface area (Å²) >= 11 is 1.88. The SMILES string of the molecule is c1ccc(COC[C@@]2(OCc3ccccc3)CSCC2OCc2ccccc2)cc1. The van der Waals surface area contributed by atoms with Crippen molar-refractivity contribution in [2.45, 2.75) is 31.5 Å². The van der Waals surface area contributed by atoms with Crippen molar-refractivity contribution >= 4 is 11.8 Å². The van der Waals surface area contributed by atoms with Gasteiger partial charge in [0.1, 0.15) is 5.60 Å². The zero-order valence-corrected chi connectivity index (χ0v) is 17.9. The Morgan fingerprint density at radius 3 is 1.83 bits per heavy atom. The maximum atomic E-state index is 6.54. The van der Waals surface area contributed by atoms with E-state index in [2.05, 4.69) is 36.4 Å². The molecule has 1 unspecified atom stereocenters. The molecule has 0 spiro atoms. The van der Waals surface area contributed by atoms with E-state index in [1.807, 2.05) is 66.4 Å². The smallest absolute Gasteiger partial charge is 0.128 e. The van der Waals surface area contributed by atoms with Gasteiger partial charge in [-0.25, -0.2) is 0 Å². The fraction of sp³-hybridized carbons (Fsp3) is 0.308. The van der Waals surface area contributed by atoms with Crippen LogP contribution in [0.15, 0.2) is 91.0 Å². The van der Waals surface area contributed by atoms with Crippen LogP contribution in [0.4, 0.5) is 0 Å². The first kappa shape index (κ1) is 21.1. The van der Waals surface area contributed by atoms with Crippen molar-refractivity contribution in [2.24, 2.45) is 0 Å². The number of ether oxygens (including phenoxy) is 3. The van der Waals surface area contributed by atoms with Crippen LogP contribution in [0, 0.1) is 0 Å². The van der Waals surface area contributed by atoms with Crippen molar-refractivity contribution in [1.29, 1.82) is 0 Å².